The van der Waals surface area contributed by atoms with Crippen molar-refractivity contribution in [3.8, 4) is 0 Å². The molecule has 0 bridgehead atoms. The van der Waals surface area contributed by atoms with Crippen molar-refractivity contribution in [1.29, 1.82) is 0 Å². The van der Waals surface area contributed by atoms with Crippen LogP contribution in [0.25, 0.3) is 0 Å². The molecule has 2 atom stereocenters. The number of hydrogen-bond acceptors (Lipinski definition) is 3. The topological polar surface area (TPSA) is 23.5 Å². The fourth-order valence-corrected chi connectivity index (χ4v) is 3.44. The predicted molar refractivity (Wildman–Crippen MR) is 68.6 cm³/mol. The second kappa shape index (κ2) is 5.80. The highest BCUT2D eigenvalue weighted by molar-refractivity contribution is 7.07. The van der Waals surface area contributed by atoms with Crippen LogP contribution < -0.4 is 0 Å². The maximum atomic E-state index is 9.17. The molecular formula is C13H21NOS. The summed E-state index contributed by atoms with van der Waals surface area (Å²) in [6.07, 6.45) is 3.99. The van der Waals surface area contributed by atoms with Gasteiger partial charge in [0.2, 0.25) is 0 Å². The molecule has 3 heteroatoms. The molecule has 0 spiro atoms. The monoisotopic (exact) mass is 239 g/mol. The van der Waals surface area contributed by atoms with Gasteiger partial charge in [-0.1, -0.05) is 13.3 Å². The van der Waals surface area contributed by atoms with Crippen LogP contribution in [0.1, 0.15) is 31.7 Å². The first-order chi connectivity index (χ1) is 7.81. The summed E-state index contributed by atoms with van der Waals surface area (Å²) in [7, 11) is 0. The fourth-order valence-electron chi connectivity index (χ4n) is 2.78. The molecule has 1 heterocycles. The number of hydrogen-bond donors (Lipinski definition) is 1. The van der Waals surface area contributed by atoms with Crippen molar-refractivity contribution >= 4 is 11.3 Å². The molecule has 2 rings (SSSR count). The Labute approximate surface area is 102 Å². The van der Waals surface area contributed by atoms with Gasteiger partial charge in [0.15, 0.2) is 0 Å². The Morgan fingerprint density at radius 3 is 2.94 bits per heavy atom. The van der Waals surface area contributed by atoms with Crippen LogP contribution in [0.3, 0.4) is 0 Å². The third-order valence-electron chi connectivity index (χ3n) is 3.64. The predicted octanol–water partition coefficient (Wildman–Crippen LogP) is 2.73. The smallest absolute Gasteiger partial charge is 0.0558 e. The minimum absolute atomic E-state index is 0.271. The first-order valence-corrected chi connectivity index (χ1v) is 7.11. The molecule has 1 N–H and O–H groups in total. The average molecular weight is 239 g/mol. The van der Waals surface area contributed by atoms with Crippen molar-refractivity contribution in [2.75, 3.05) is 13.2 Å². The quantitative estimate of drug-likeness (QED) is 0.854. The zero-order chi connectivity index (χ0) is 11.4. The summed E-state index contributed by atoms with van der Waals surface area (Å²) in [5.41, 5.74) is 1.39. The molecule has 0 aliphatic heterocycles. The largest absolute Gasteiger partial charge is 0.395 e. The zero-order valence-electron chi connectivity index (χ0n) is 9.93. The number of nitrogens with zero attached hydrogens (tertiary/aromatic N) is 1. The Hall–Kier alpha value is -0.380. The molecule has 1 fully saturated rings. The van der Waals surface area contributed by atoms with Crippen molar-refractivity contribution in [2.45, 2.75) is 38.8 Å². The molecule has 0 aromatic carbocycles. The molecular weight excluding hydrogens is 218 g/mol. The second-order valence-corrected chi connectivity index (χ2v) is 5.58. The van der Waals surface area contributed by atoms with Crippen molar-refractivity contribution in [3.05, 3.63) is 22.4 Å². The van der Waals surface area contributed by atoms with Gasteiger partial charge in [0.05, 0.1) is 6.61 Å². The summed E-state index contributed by atoms with van der Waals surface area (Å²) < 4.78 is 0. The van der Waals surface area contributed by atoms with Crippen LogP contribution in [0.15, 0.2) is 16.8 Å². The van der Waals surface area contributed by atoms with E-state index in [-0.39, 0.29) is 6.61 Å². The maximum absolute atomic E-state index is 9.17. The second-order valence-electron chi connectivity index (χ2n) is 4.80. The number of thiophene rings is 1. The summed E-state index contributed by atoms with van der Waals surface area (Å²) >= 11 is 1.75. The molecule has 2 unspecified atom stereocenters. The third kappa shape index (κ3) is 2.84. The summed E-state index contributed by atoms with van der Waals surface area (Å²) in [4.78, 5) is 2.46. The van der Waals surface area contributed by atoms with Crippen LogP contribution in [0.4, 0.5) is 0 Å². The molecule has 1 aromatic heterocycles. The first-order valence-electron chi connectivity index (χ1n) is 6.17. The Balaban J connectivity index is 1.99. The minimum Gasteiger partial charge on any atom is -0.395 e. The molecule has 1 aliphatic rings. The Morgan fingerprint density at radius 1 is 1.50 bits per heavy atom. The Bertz CT molecular complexity index is 299. The zero-order valence-corrected chi connectivity index (χ0v) is 10.7. The highest BCUT2D eigenvalue weighted by atomic mass is 32.1. The van der Waals surface area contributed by atoms with E-state index < -0.39 is 0 Å². The van der Waals surface area contributed by atoms with E-state index in [1.807, 2.05) is 0 Å². The molecule has 90 valence electrons. The number of aliphatic hydroxyl groups excluding tert-OH is 1. The van der Waals surface area contributed by atoms with Crippen molar-refractivity contribution < 1.29 is 5.11 Å². The van der Waals surface area contributed by atoms with E-state index in [4.69, 9.17) is 0 Å². The lowest BCUT2D eigenvalue weighted by molar-refractivity contribution is 0.123. The van der Waals surface area contributed by atoms with E-state index in [0.717, 1.165) is 19.0 Å². The SMILES string of the molecule is CC1CCCC1N(CCO)Cc1ccsc1. The molecule has 2 nitrogen and oxygen atoms in total. The standard InChI is InChI=1S/C13H21NOS/c1-11-3-2-4-13(11)14(6-7-15)9-12-5-8-16-10-12/h5,8,10-11,13,15H,2-4,6-7,9H2,1H3. The van der Waals surface area contributed by atoms with Gasteiger partial charge in [-0.15, -0.1) is 0 Å². The molecule has 1 aliphatic carbocycles. The lowest BCUT2D eigenvalue weighted by Crippen LogP contribution is -2.38. The van der Waals surface area contributed by atoms with Gasteiger partial charge in [0.1, 0.15) is 0 Å². The molecule has 0 amide bonds. The van der Waals surface area contributed by atoms with Gasteiger partial charge in [0.25, 0.3) is 0 Å². The number of rotatable bonds is 5. The van der Waals surface area contributed by atoms with E-state index in [9.17, 15) is 5.11 Å². The van der Waals surface area contributed by atoms with Crippen LogP contribution in [0, 0.1) is 5.92 Å². The Morgan fingerprint density at radius 2 is 2.38 bits per heavy atom. The Kier molecular flexibility index (Phi) is 4.38. The lowest BCUT2D eigenvalue weighted by Gasteiger charge is -2.31. The highest BCUT2D eigenvalue weighted by Gasteiger charge is 2.28. The first kappa shape index (κ1) is 12.1. The summed E-state index contributed by atoms with van der Waals surface area (Å²) in [6, 6.07) is 2.86. The molecule has 1 aromatic rings. The maximum Gasteiger partial charge on any atom is 0.0558 e. The molecule has 0 saturated heterocycles. The van der Waals surface area contributed by atoms with Gasteiger partial charge in [-0.3, -0.25) is 4.90 Å². The lowest BCUT2D eigenvalue weighted by atomic mass is 10.0. The van der Waals surface area contributed by atoms with Crippen LogP contribution in [0.5, 0.6) is 0 Å². The van der Waals surface area contributed by atoms with Crippen LogP contribution >= 0.6 is 11.3 Å². The van der Waals surface area contributed by atoms with Crippen molar-refractivity contribution in [1.82, 2.24) is 4.90 Å². The molecule has 16 heavy (non-hydrogen) atoms. The van der Waals surface area contributed by atoms with Gasteiger partial charge >= 0.3 is 0 Å². The average Bonchev–Trinajstić information content (AvgIpc) is 2.88. The fraction of sp³-hybridized carbons (Fsp3) is 0.692. The van der Waals surface area contributed by atoms with E-state index in [0.29, 0.717) is 6.04 Å². The van der Waals surface area contributed by atoms with Gasteiger partial charge in [-0.25, -0.2) is 0 Å². The van der Waals surface area contributed by atoms with Gasteiger partial charge in [-0.05, 0) is 41.1 Å². The minimum atomic E-state index is 0.271. The van der Waals surface area contributed by atoms with E-state index in [1.54, 1.807) is 11.3 Å². The third-order valence-corrected chi connectivity index (χ3v) is 4.37. The normalized spacial score (nSPS) is 25.4. The van der Waals surface area contributed by atoms with Crippen molar-refractivity contribution in [3.63, 3.8) is 0 Å². The summed E-state index contributed by atoms with van der Waals surface area (Å²) in [5.74, 6) is 0.783. The highest BCUT2D eigenvalue weighted by Crippen LogP contribution is 2.30. The van der Waals surface area contributed by atoms with Crippen molar-refractivity contribution in [2.24, 2.45) is 5.92 Å². The molecule has 0 radical (unpaired) electrons. The van der Waals surface area contributed by atoms with Crippen LogP contribution in [0.2, 0.25) is 0 Å². The molecule has 1 saturated carbocycles. The van der Waals surface area contributed by atoms with Gasteiger partial charge < -0.3 is 5.11 Å². The van der Waals surface area contributed by atoms with E-state index >= 15 is 0 Å². The van der Waals surface area contributed by atoms with Crippen LogP contribution in [-0.4, -0.2) is 29.2 Å². The van der Waals surface area contributed by atoms with Gasteiger partial charge in [-0.2, -0.15) is 11.3 Å². The summed E-state index contributed by atoms with van der Waals surface area (Å²) in [6.45, 7) is 4.42. The summed E-state index contributed by atoms with van der Waals surface area (Å²) in [5, 5.41) is 13.5. The van der Waals surface area contributed by atoms with Gasteiger partial charge in [0, 0.05) is 19.1 Å². The number of aliphatic hydroxyl groups is 1. The van der Waals surface area contributed by atoms with E-state index in [1.165, 1.54) is 24.8 Å². The van der Waals surface area contributed by atoms with E-state index in [2.05, 4.69) is 28.7 Å². The van der Waals surface area contributed by atoms with Crippen LogP contribution in [-0.2, 0) is 6.54 Å².